The Morgan fingerprint density at radius 1 is 1.32 bits per heavy atom. The summed E-state index contributed by atoms with van der Waals surface area (Å²) in [7, 11) is 0. The van der Waals surface area contributed by atoms with Crippen molar-refractivity contribution in [3.05, 3.63) is 47.5 Å². The fourth-order valence-corrected chi connectivity index (χ4v) is 3.04. The molecule has 0 unspecified atom stereocenters. The molecule has 2 aromatic heterocycles. The largest absolute Gasteiger partial charge is 0.486 e. The van der Waals surface area contributed by atoms with E-state index in [0.29, 0.717) is 18.1 Å². The number of benzene rings is 1. The van der Waals surface area contributed by atoms with Crippen molar-refractivity contribution in [2.24, 2.45) is 0 Å². The standard InChI is InChI=1S/C17H18N4O3S/c1-4-9-23-13-7-5-6-8-14(13)24-10-15(22)18-16-19-17-21(20-16)11(2)12(3)25-17/h4-8H,1,9-10H2,2-3H3,(H,18,20,22). The van der Waals surface area contributed by atoms with E-state index in [0.717, 1.165) is 15.5 Å². The molecule has 0 radical (unpaired) electrons. The number of anilines is 1. The molecule has 0 spiro atoms. The van der Waals surface area contributed by atoms with Crippen molar-refractivity contribution >= 4 is 28.2 Å². The molecule has 3 aromatic rings. The minimum absolute atomic E-state index is 0.167. The van der Waals surface area contributed by atoms with E-state index in [1.807, 2.05) is 26.0 Å². The first-order chi connectivity index (χ1) is 12.1. The van der Waals surface area contributed by atoms with E-state index in [1.54, 1.807) is 22.7 Å². The zero-order valence-corrected chi connectivity index (χ0v) is 14.8. The second-order valence-electron chi connectivity index (χ2n) is 5.26. The number of aromatic nitrogens is 3. The van der Waals surface area contributed by atoms with E-state index in [-0.39, 0.29) is 18.5 Å². The average Bonchev–Trinajstić information content (AvgIpc) is 3.10. The van der Waals surface area contributed by atoms with Gasteiger partial charge in [0.05, 0.1) is 5.69 Å². The Morgan fingerprint density at radius 2 is 2.04 bits per heavy atom. The van der Waals surface area contributed by atoms with E-state index in [4.69, 9.17) is 9.47 Å². The maximum Gasteiger partial charge on any atom is 0.264 e. The summed E-state index contributed by atoms with van der Waals surface area (Å²) in [6, 6.07) is 7.15. The van der Waals surface area contributed by atoms with Gasteiger partial charge in [-0.3, -0.25) is 10.1 Å². The van der Waals surface area contributed by atoms with Gasteiger partial charge in [0, 0.05) is 4.88 Å². The smallest absolute Gasteiger partial charge is 0.264 e. The molecule has 1 aromatic carbocycles. The van der Waals surface area contributed by atoms with Gasteiger partial charge in [-0.1, -0.05) is 36.1 Å². The Labute approximate surface area is 148 Å². The molecule has 0 saturated heterocycles. The minimum Gasteiger partial charge on any atom is -0.486 e. The average molecular weight is 358 g/mol. The zero-order valence-electron chi connectivity index (χ0n) is 14.0. The molecule has 1 amide bonds. The maximum absolute atomic E-state index is 12.1. The van der Waals surface area contributed by atoms with Crippen LogP contribution < -0.4 is 14.8 Å². The Hall–Kier alpha value is -2.87. The van der Waals surface area contributed by atoms with Gasteiger partial charge in [0.25, 0.3) is 11.9 Å². The van der Waals surface area contributed by atoms with Crippen LogP contribution in [0.2, 0.25) is 0 Å². The van der Waals surface area contributed by atoms with Crippen LogP contribution in [0.1, 0.15) is 10.6 Å². The third-order valence-corrected chi connectivity index (χ3v) is 4.51. The predicted octanol–water partition coefficient (Wildman–Crippen LogP) is 2.99. The number of aryl methyl sites for hydroxylation is 2. The summed E-state index contributed by atoms with van der Waals surface area (Å²) in [4.78, 5) is 18.3. The quantitative estimate of drug-likeness (QED) is 0.657. The Bertz CT molecular complexity index is 916. The van der Waals surface area contributed by atoms with Crippen LogP contribution in [0.25, 0.3) is 4.96 Å². The first-order valence-corrected chi connectivity index (χ1v) is 8.48. The first-order valence-electron chi connectivity index (χ1n) is 7.66. The second kappa shape index (κ2) is 7.35. The van der Waals surface area contributed by atoms with Crippen LogP contribution in [0.3, 0.4) is 0 Å². The van der Waals surface area contributed by atoms with Gasteiger partial charge in [-0.25, -0.2) is 4.52 Å². The number of rotatable bonds is 7. The van der Waals surface area contributed by atoms with E-state index < -0.39 is 0 Å². The lowest BCUT2D eigenvalue weighted by atomic mass is 10.3. The second-order valence-corrected chi connectivity index (χ2v) is 6.44. The van der Waals surface area contributed by atoms with Crippen LogP contribution in [0.4, 0.5) is 5.95 Å². The van der Waals surface area contributed by atoms with E-state index >= 15 is 0 Å². The molecule has 0 aliphatic rings. The number of hydrogen-bond acceptors (Lipinski definition) is 6. The van der Waals surface area contributed by atoms with Gasteiger partial charge in [0.2, 0.25) is 4.96 Å². The van der Waals surface area contributed by atoms with E-state index in [1.165, 1.54) is 11.3 Å². The van der Waals surface area contributed by atoms with Crippen molar-refractivity contribution in [2.75, 3.05) is 18.5 Å². The third kappa shape index (κ3) is 3.80. The van der Waals surface area contributed by atoms with Gasteiger partial charge in [-0.05, 0) is 26.0 Å². The highest BCUT2D eigenvalue weighted by molar-refractivity contribution is 7.17. The molecule has 2 heterocycles. The molecule has 0 aliphatic heterocycles. The van der Waals surface area contributed by atoms with E-state index in [9.17, 15) is 4.79 Å². The molecule has 8 heteroatoms. The molecule has 0 atom stereocenters. The molecule has 0 aliphatic carbocycles. The normalized spacial score (nSPS) is 10.6. The number of carbonyl (C=O) groups is 1. The topological polar surface area (TPSA) is 77.8 Å². The minimum atomic E-state index is -0.342. The van der Waals surface area contributed by atoms with Gasteiger partial charge in [-0.15, -0.1) is 5.10 Å². The number of para-hydroxylation sites is 2. The van der Waals surface area contributed by atoms with Crippen LogP contribution in [0, 0.1) is 13.8 Å². The van der Waals surface area contributed by atoms with Crippen LogP contribution in [0.15, 0.2) is 36.9 Å². The molecular weight excluding hydrogens is 340 g/mol. The van der Waals surface area contributed by atoms with Gasteiger partial charge in [-0.2, -0.15) is 4.98 Å². The Balaban J connectivity index is 1.61. The monoisotopic (exact) mass is 358 g/mol. The summed E-state index contributed by atoms with van der Waals surface area (Å²) < 4.78 is 12.7. The number of ether oxygens (including phenoxy) is 2. The molecule has 0 bridgehead atoms. The summed E-state index contributed by atoms with van der Waals surface area (Å²) in [6.07, 6.45) is 1.64. The third-order valence-electron chi connectivity index (χ3n) is 3.46. The summed E-state index contributed by atoms with van der Waals surface area (Å²) in [6.45, 7) is 7.77. The zero-order chi connectivity index (χ0) is 17.8. The number of nitrogens with one attached hydrogen (secondary N) is 1. The highest BCUT2D eigenvalue weighted by Crippen LogP contribution is 2.26. The summed E-state index contributed by atoms with van der Waals surface area (Å²) >= 11 is 1.53. The predicted molar refractivity (Wildman–Crippen MR) is 96.6 cm³/mol. The number of thiazole rings is 1. The van der Waals surface area contributed by atoms with Crippen LogP contribution in [-0.4, -0.2) is 33.7 Å². The van der Waals surface area contributed by atoms with Crippen LogP contribution >= 0.6 is 11.3 Å². The lowest BCUT2D eigenvalue weighted by Gasteiger charge is -2.11. The van der Waals surface area contributed by atoms with Crippen molar-refractivity contribution < 1.29 is 14.3 Å². The summed E-state index contributed by atoms with van der Waals surface area (Å²) in [5.74, 6) is 0.969. The van der Waals surface area contributed by atoms with Gasteiger partial charge >= 0.3 is 0 Å². The van der Waals surface area contributed by atoms with Gasteiger partial charge in [0.15, 0.2) is 18.1 Å². The Morgan fingerprint density at radius 3 is 2.72 bits per heavy atom. The molecule has 25 heavy (non-hydrogen) atoms. The number of amides is 1. The summed E-state index contributed by atoms with van der Waals surface area (Å²) in [5, 5.41) is 6.92. The van der Waals surface area contributed by atoms with E-state index in [2.05, 4.69) is 22.0 Å². The van der Waals surface area contributed by atoms with Crippen molar-refractivity contribution in [3.63, 3.8) is 0 Å². The fourth-order valence-electron chi connectivity index (χ4n) is 2.14. The first kappa shape index (κ1) is 17.0. The molecule has 1 N–H and O–H groups in total. The van der Waals surface area contributed by atoms with Gasteiger partial charge < -0.3 is 9.47 Å². The number of carbonyl (C=O) groups excluding carboxylic acids is 1. The number of fused-ring (bicyclic) bond motifs is 1. The molecule has 0 saturated carbocycles. The molecule has 0 fully saturated rings. The van der Waals surface area contributed by atoms with Crippen molar-refractivity contribution in [1.29, 1.82) is 0 Å². The lowest BCUT2D eigenvalue weighted by Crippen LogP contribution is -2.21. The molecule has 7 nitrogen and oxygen atoms in total. The molecule has 130 valence electrons. The van der Waals surface area contributed by atoms with Crippen LogP contribution in [0.5, 0.6) is 11.5 Å². The van der Waals surface area contributed by atoms with Crippen molar-refractivity contribution in [3.8, 4) is 11.5 Å². The maximum atomic E-state index is 12.1. The van der Waals surface area contributed by atoms with Crippen molar-refractivity contribution in [2.45, 2.75) is 13.8 Å². The molecular formula is C17H18N4O3S. The SMILES string of the molecule is C=CCOc1ccccc1OCC(=O)Nc1nc2sc(C)c(C)n2n1. The van der Waals surface area contributed by atoms with Gasteiger partial charge in [0.1, 0.15) is 6.61 Å². The molecule has 3 rings (SSSR count). The highest BCUT2D eigenvalue weighted by atomic mass is 32.1. The number of hydrogen-bond donors (Lipinski definition) is 1. The highest BCUT2D eigenvalue weighted by Gasteiger charge is 2.13. The number of nitrogens with zero attached hydrogens (tertiary/aromatic N) is 3. The fraction of sp³-hybridized carbons (Fsp3) is 0.235. The van der Waals surface area contributed by atoms with Crippen molar-refractivity contribution in [1.82, 2.24) is 14.6 Å². The van der Waals surface area contributed by atoms with Crippen LogP contribution in [-0.2, 0) is 4.79 Å². The lowest BCUT2D eigenvalue weighted by molar-refractivity contribution is -0.118. The summed E-state index contributed by atoms with van der Waals surface area (Å²) in [5.41, 5.74) is 1.01. The Kier molecular flexibility index (Phi) is 4.99.